The summed E-state index contributed by atoms with van der Waals surface area (Å²) in [5.74, 6) is 1.75. The highest BCUT2D eigenvalue weighted by Gasteiger charge is 2.34. The van der Waals surface area contributed by atoms with Crippen molar-refractivity contribution in [2.45, 2.75) is 57.7 Å². The van der Waals surface area contributed by atoms with E-state index in [9.17, 15) is 4.79 Å². The molecule has 1 saturated heterocycles. The van der Waals surface area contributed by atoms with Crippen LogP contribution in [0.2, 0.25) is 0 Å². The summed E-state index contributed by atoms with van der Waals surface area (Å²) in [6, 6.07) is 12.1. The van der Waals surface area contributed by atoms with Crippen LogP contribution in [0.1, 0.15) is 66.9 Å². The average molecular weight is 488 g/mol. The topological polar surface area (TPSA) is 96.1 Å². The Labute approximate surface area is 210 Å². The Morgan fingerprint density at radius 2 is 1.92 bits per heavy atom. The van der Waals surface area contributed by atoms with Crippen LogP contribution in [0, 0.1) is 6.92 Å². The van der Waals surface area contributed by atoms with Gasteiger partial charge in [-0.2, -0.15) is 0 Å². The number of nitrogens with one attached hydrogen (secondary N) is 1. The summed E-state index contributed by atoms with van der Waals surface area (Å²) in [4.78, 5) is 21.4. The van der Waals surface area contributed by atoms with Gasteiger partial charge in [0.25, 0.3) is 5.56 Å². The van der Waals surface area contributed by atoms with Crippen LogP contribution in [0.4, 0.5) is 0 Å². The lowest BCUT2D eigenvalue weighted by molar-refractivity contribution is 0.0937. The van der Waals surface area contributed by atoms with Crippen LogP contribution in [0.15, 0.2) is 51.9 Å². The monoisotopic (exact) mass is 487 g/mol. The van der Waals surface area contributed by atoms with E-state index in [1.165, 1.54) is 19.3 Å². The Hall–Kier alpha value is -3.30. The normalized spacial score (nSPS) is 19.1. The number of aryl methyl sites for hydroxylation is 1. The fourth-order valence-electron chi connectivity index (χ4n) is 5.80. The molecule has 2 fully saturated rings. The van der Waals surface area contributed by atoms with Gasteiger partial charge in [0.1, 0.15) is 11.8 Å². The van der Waals surface area contributed by atoms with E-state index in [1.807, 2.05) is 35.9 Å². The van der Waals surface area contributed by atoms with Gasteiger partial charge in [-0.15, -0.1) is 5.10 Å². The predicted molar refractivity (Wildman–Crippen MR) is 137 cm³/mol. The van der Waals surface area contributed by atoms with Gasteiger partial charge in [-0.1, -0.05) is 31.4 Å². The molecule has 1 aliphatic heterocycles. The van der Waals surface area contributed by atoms with Gasteiger partial charge in [-0.3, -0.25) is 14.6 Å². The summed E-state index contributed by atoms with van der Waals surface area (Å²) in [5.41, 5.74) is 2.61. The molecule has 1 N–H and O–H groups in total. The lowest BCUT2D eigenvalue weighted by Gasteiger charge is -2.38. The van der Waals surface area contributed by atoms with Crippen molar-refractivity contribution < 1.29 is 4.42 Å². The van der Waals surface area contributed by atoms with Crippen molar-refractivity contribution in [2.24, 2.45) is 0 Å². The summed E-state index contributed by atoms with van der Waals surface area (Å²) < 4.78 is 7.57. The van der Waals surface area contributed by atoms with E-state index >= 15 is 0 Å². The van der Waals surface area contributed by atoms with Gasteiger partial charge in [0.15, 0.2) is 5.82 Å². The van der Waals surface area contributed by atoms with E-state index in [1.54, 1.807) is 6.26 Å². The summed E-state index contributed by atoms with van der Waals surface area (Å²) in [5, 5.41) is 14.1. The zero-order chi connectivity index (χ0) is 24.5. The fourth-order valence-corrected chi connectivity index (χ4v) is 5.80. The van der Waals surface area contributed by atoms with Crippen LogP contribution in [0.25, 0.3) is 10.9 Å². The number of nitrogens with zero attached hydrogens (tertiary/aromatic N) is 6. The van der Waals surface area contributed by atoms with Crippen molar-refractivity contribution in [3.05, 3.63) is 75.7 Å². The maximum atomic E-state index is 13.5. The largest absolute Gasteiger partial charge is 0.468 e. The average Bonchev–Trinajstić information content (AvgIpc) is 3.59. The highest BCUT2D eigenvalue weighted by molar-refractivity contribution is 5.79. The first-order valence-electron chi connectivity index (χ1n) is 13.1. The molecule has 36 heavy (non-hydrogen) atoms. The van der Waals surface area contributed by atoms with Crippen molar-refractivity contribution in [1.29, 1.82) is 0 Å². The SMILES string of the molecule is Cc1ccc2cc([C@H](c3nnnn3C3CCCCC3)N3CCN(Cc4ccco4)CC3)c(=O)[nH]c2c1. The second-order valence-corrected chi connectivity index (χ2v) is 10.2. The second-order valence-electron chi connectivity index (χ2n) is 10.2. The number of piperazine rings is 1. The lowest BCUT2D eigenvalue weighted by atomic mass is 9.95. The Bertz CT molecular complexity index is 1360. The van der Waals surface area contributed by atoms with Crippen LogP contribution < -0.4 is 5.56 Å². The number of hydrogen-bond donors (Lipinski definition) is 1. The van der Waals surface area contributed by atoms with Gasteiger partial charge >= 0.3 is 0 Å². The molecule has 0 radical (unpaired) electrons. The molecule has 1 aliphatic carbocycles. The van der Waals surface area contributed by atoms with Gasteiger partial charge in [0.2, 0.25) is 0 Å². The minimum Gasteiger partial charge on any atom is -0.468 e. The quantitative estimate of drug-likeness (QED) is 0.442. The van der Waals surface area contributed by atoms with Crippen LogP contribution in [-0.4, -0.2) is 61.2 Å². The number of tetrazole rings is 1. The molecule has 188 valence electrons. The van der Waals surface area contributed by atoms with Crippen LogP contribution >= 0.6 is 0 Å². The standard InChI is InChI=1S/C27H33N7O2/c1-19-9-10-20-17-23(27(35)28-24(20)16-19)25(26-29-30-31-34(26)21-6-3-2-4-7-21)33-13-11-32(12-14-33)18-22-8-5-15-36-22/h5,8-10,15-17,21,25H,2-4,6-7,11-14,18H2,1H3,(H,28,35)/t25-/m1/s1. The van der Waals surface area contributed by atoms with E-state index in [2.05, 4.69) is 42.4 Å². The molecule has 3 aromatic heterocycles. The van der Waals surface area contributed by atoms with Crippen molar-refractivity contribution in [3.63, 3.8) is 0 Å². The van der Waals surface area contributed by atoms with Crippen molar-refractivity contribution in [3.8, 4) is 0 Å². The molecule has 0 bridgehead atoms. The summed E-state index contributed by atoms with van der Waals surface area (Å²) in [6.45, 7) is 6.22. The van der Waals surface area contributed by atoms with E-state index in [4.69, 9.17) is 4.42 Å². The number of furan rings is 1. The molecule has 4 aromatic rings. The third-order valence-electron chi connectivity index (χ3n) is 7.74. The molecule has 4 heterocycles. The number of benzene rings is 1. The number of rotatable bonds is 6. The number of hydrogen-bond acceptors (Lipinski definition) is 7. The Morgan fingerprint density at radius 1 is 1.08 bits per heavy atom. The van der Waals surface area contributed by atoms with Crippen molar-refractivity contribution >= 4 is 10.9 Å². The number of aromatic nitrogens is 5. The van der Waals surface area contributed by atoms with E-state index < -0.39 is 0 Å². The zero-order valence-electron chi connectivity index (χ0n) is 20.8. The van der Waals surface area contributed by atoms with Crippen LogP contribution in [-0.2, 0) is 6.54 Å². The second kappa shape index (κ2) is 9.99. The zero-order valence-corrected chi connectivity index (χ0v) is 20.8. The predicted octanol–water partition coefficient (Wildman–Crippen LogP) is 3.83. The summed E-state index contributed by atoms with van der Waals surface area (Å²) in [7, 11) is 0. The molecule has 9 heteroatoms. The first kappa shape index (κ1) is 23.1. The van der Waals surface area contributed by atoms with Crippen molar-refractivity contribution in [2.75, 3.05) is 26.2 Å². The van der Waals surface area contributed by atoms with E-state index in [0.29, 0.717) is 5.56 Å². The first-order chi connectivity index (χ1) is 17.7. The Kier molecular flexibility index (Phi) is 6.41. The van der Waals surface area contributed by atoms with Gasteiger partial charge in [-0.05, 0) is 65.4 Å². The first-order valence-corrected chi connectivity index (χ1v) is 13.1. The third kappa shape index (κ3) is 4.60. The Balaban J connectivity index is 1.36. The molecule has 0 unspecified atom stereocenters. The molecule has 0 spiro atoms. The number of fused-ring (bicyclic) bond motifs is 1. The van der Waals surface area contributed by atoms with E-state index in [-0.39, 0.29) is 17.6 Å². The summed E-state index contributed by atoms with van der Waals surface area (Å²) in [6.07, 6.45) is 7.52. The fraction of sp³-hybridized carbons (Fsp3) is 0.481. The molecule has 6 rings (SSSR count). The number of pyridine rings is 1. The number of aromatic amines is 1. The summed E-state index contributed by atoms with van der Waals surface area (Å²) >= 11 is 0. The van der Waals surface area contributed by atoms with E-state index in [0.717, 1.165) is 73.6 Å². The molecular formula is C27H33N7O2. The minimum absolute atomic E-state index is 0.0747. The van der Waals surface area contributed by atoms with Gasteiger partial charge < -0.3 is 9.40 Å². The molecular weight excluding hydrogens is 454 g/mol. The molecule has 2 aliphatic rings. The third-order valence-corrected chi connectivity index (χ3v) is 7.74. The molecule has 1 atom stereocenters. The maximum absolute atomic E-state index is 13.5. The van der Waals surface area contributed by atoms with Crippen LogP contribution in [0.5, 0.6) is 0 Å². The minimum atomic E-state index is -0.304. The molecule has 1 aromatic carbocycles. The van der Waals surface area contributed by atoms with Gasteiger partial charge in [0, 0.05) is 37.3 Å². The number of H-pyrrole nitrogens is 1. The highest BCUT2D eigenvalue weighted by Crippen LogP contribution is 2.33. The Morgan fingerprint density at radius 3 is 2.69 bits per heavy atom. The smallest absolute Gasteiger partial charge is 0.253 e. The highest BCUT2D eigenvalue weighted by atomic mass is 16.3. The van der Waals surface area contributed by atoms with Gasteiger partial charge in [0.05, 0.1) is 18.8 Å². The molecule has 9 nitrogen and oxygen atoms in total. The van der Waals surface area contributed by atoms with Crippen molar-refractivity contribution in [1.82, 2.24) is 35.0 Å². The van der Waals surface area contributed by atoms with Crippen LogP contribution in [0.3, 0.4) is 0 Å². The lowest BCUT2D eigenvalue weighted by Crippen LogP contribution is -2.48. The maximum Gasteiger partial charge on any atom is 0.253 e. The molecule has 0 amide bonds. The van der Waals surface area contributed by atoms with Gasteiger partial charge in [-0.25, -0.2) is 4.68 Å². The molecule has 1 saturated carbocycles.